The van der Waals surface area contributed by atoms with E-state index in [9.17, 15) is 29.4 Å². The number of nitrogens with one attached hydrogen (secondary N) is 2. The van der Waals surface area contributed by atoms with E-state index in [0.717, 1.165) is 57.8 Å². The molecule has 1 radical (unpaired) electrons. The van der Waals surface area contributed by atoms with Crippen molar-refractivity contribution in [2.45, 2.75) is 27.7 Å². The van der Waals surface area contributed by atoms with Gasteiger partial charge in [-0.1, -0.05) is 48.5 Å². The third kappa shape index (κ3) is 16.8. The number of aromatic carboxylic acids is 2. The fourth-order valence-corrected chi connectivity index (χ4v) is 3.50. The summed E-state index contributed by atoms with van der Waals surface area (Å²) >= 11 is 0. The molecule has 17 heteroatoms. The van der Waals surface area contributed by atoms with Crippen LogP contribution in [0, 0.1) is 27.7 Å². The van der Waals surface area contributed by atoms with E-state index in [4.69, 9.17) is 0 Å². The Morgan fingerprint density at radius 2 is 0.830 bits per heavy atom. The summed E-state index contributed by atoms with van der Waals surface area (Å²) in [5.74, 6) is -2.32. The maximum absolute atomic E-state index is 10.6. The molecule has 2 heterocycles. The Bertz CT molecular complexity index is 1320. The fourth-order valence-electron chi connectivity index (χ4n) is 3.50. The van der Waals surface area contributed by atoms with Gasteiger partial charge in [-0.2, -0.15) is 10.2 Å². The molecule has 0 atom stereocenters. The maximum atomic E-state index is 10.6. The van der Waals surface area contributed by atoms with Crippen LogP contribution in [-0.2, 0) is 48.3 Å². The first-order valence-electron chi connectivity index (χ1n) is 12.6. The van der Waals surface area contributed by atoms with Gasteiger partial charge in [0, 0.05) is 50.7 Å². The molecule has 16 nitrogen and oxygen atoms in total. The van der Waals surface area contributed by atoms with Crippen LogP contribution >= 0.6 is 0 Å². The monoisotopic (exact) mass is 711 g/mol. The van der Waals surface area contributed by atoms with Crippen LogP contribution in [0.3, 0.4) is 0 Å². The Kier molecular flexibility index (Phi) is 27.8. The minimum atomic E-state index is -1.16. The first-order chi connectivity index (χ1) is 19.7. The Balaban J connectivity index is -0.000000180. The predicted octanol–water partition coefficient (Wildman–Crippen LogP) is -2.17. The van der Waals surface area contributed by atoms with Crippen molar-refractivity contribution in [3.05, 3.63) is 82.4 Å². The van der Waals surface area contributed by atoms with Crippen LogP contribution in [0.4, 0.5) is 0 Å². The van der Waals surface area contributed by atoms with Gasteiger partial charge < -0.3 is 51.5 Å². The van der Waals surface area contributed by atoms with Gasteiger partial charge in [0.05, 0.1) is 23.3 Å². The summed E-state index contributed by atoms with van der Waals surface area (Å²) in [6.07, 6.45) is 1.50. The molecular formula is C30H48CoN6O10+4. The number of carbonyl (C=O) groups excluding carboxylic acids is 4. The largest absolute Gasteiger partial charge is 2.00 e. The van der Waals surface area contributed by atoms with Gasteiger partial charge in [0.25, 0.3) is 0 Å². The Labute approximate surface area is 283 Å². The number of aromatic amines is 2. The normalized spacial score (nSPS) is 8.51. The van der Waals surface area contributed by atoms with Crippen molar-refractivity contribution in [3.8, 4) is 22.3 Å². The molecule has 0 saturated carbocycles. The summed E-state index contributed by atoms with van der Waals surface area (Å²) in [5.41, 5.74) is 8.05. The van der Waals surface area contributed by atoms with Crippen molar-refractivity contribution in [2.75, 3.05) is 28.2 Å². The molecule has 0 saturated heterocycles. The number of rotatable bonds is 6. The van der Waals surface area contributed by atoms with Crippen LogP contribution in [0.25, 0.3) is 22.3 Å². The van der Waals surface area contributed by atoms with Crippen molar-refractivity contribution >= 4 is 24.8 Å². The minimum absolute atomic E-state index is 0. The second-order valence-electron chi connectivity index (χ2n) is 9.49. The average Bonchev–Trinajstić information content (AvgIpc) is 3.48. The molecule has 0 spiro atoms. The van der Waals surface area contributed by atoms with E-state index < -0.39 is 11.9 Å². The van der Waals surface area contributed by atoms with Gasteiger partial charge in [-0.05, 0) is 49.9 Å². The SMILES string of the molecule is CN(C)C=O.CN(C)C=O.Cc1n[nH]c(C)c1-c1ccc(C(=O)[O-])cc1.Cc1n[nH]c(C)c1-c1ccc(C(=O)[O-])cc1.[Co+2].[OH3+].[OH3+].[OH3+].[OH3+]. The second kappa shape index (κ2) is 25.3. The fraction of sp³-hybridized carbons (Fsp3) is 0.267. The number of amides is 2. The van der Waals surface area contributed by atoms with E-state index in [1.54, 1.807) is 52.5 Å². The standard InChI is InChI=1S/2C12H12N2O2.2C3H7NO.Co.4H2O/c2*1-7-11(8(2)14-13-7)9-3-5-10(6-4-9)12(15)16;2*1-4(2)3-5;;;;;/h2*3-6H,1-2H3,(H,13,14)(H,15,16);2*3H,1-2H3;;4*1H2/q;;;;+2;;;;/p+2. The van der Waals surface area contributed by atoms with Crippen LogP contribution in [0.15, 0.2) is 48.5 Å². The number of carboxylic acids is 2. The van der Waals surface area contributed by atoms with Crippen molar-refractivity contribution < 1.29 is 68.1 Å². The van der Waals surface area contributed by atoms with Gasteiger partial charge in [-0.25, -0.2) is 0 Å². The predicted molar refractivity (Wildman–Crippen MR) is 175 cm³/mol. The van der Waals surface area contributed by atoms with Crippen molar-refractivity contribution in [1.82, 2.24) is 30.2 Å². The van der Waals surface area contributed by atoms with Gasteiger partial charge >= 0.3 is 16.8 Å². The Hall–Kier alpha value is -4.91. The molecule has 2 aromatic heterocycles. The average molecular weight is 712 g/mol. The zero-order valence-corrected chi connectivity index (χ0v) is 28.7. The van der Waals surface area contributed by atoms with Gasteiger partial charge in [-0.15, -0.1) is 0 Å². The molecule has 2 amide bonds. The topological polar surface area (TPSA) is 310 Å². The van der Waals surface area contributed by atoms with Crippen molar-refractivity contribution in [2.24, 2.45) is 0 Å². The molecule has 14 N–H and O–H groups in total. The molecule has 0 aliphatic rings. The molecule has 4 rings (SSSR count). The first-order valence-corrected chi connectivity index (χ1v) is 12.6. The summed E-state index contributed by atoms with van der Waals surface area (Å²) in [6.45, 7) is 7.68. The third-order valence-corrected chi connectivity index (χ3v) is 5.50. The van der Waals surface area contributed by atoms with E-state index in [1.165, 1.54) is 34.1 Å². The minimum Gasteiger partial charge on any atom is -0.545 e. The van der Waals surface area contributed by atoms with Crippen LogP contribution in [0.1, 0.15) is 43.5 Å². The molecule has 0 fully saturated rings. The van der Waals surface area contributed by atoms with Crippen molar-refractivity contribution in [1.29, 1.82) is 0 Å². The van der Waals surface area contributed by atoms with Gasteiger partial charge in [-0.3, -0.25) is 19.8 Å². The number of aromatic nitrogens is 4. The van der Waals surface area contributed by atoms with Crippen LogP contribution in [-0.4, -0.2) is 83.1 Å². The second-order valence-corrected chi connectivity index (χ2v) is 9.49. The van der Waals surface area contributed by atoms with E-state index in [2.05, 4.69) is 20.4 Å². The van der Waals surface area contributed by atoms with Crippen LogP contribution < -0.4 is 10.2 Å². The van der Waals surface area contributed by atoms with E-state index >= 15 is 0 Å². The molecular weight excluding hydrogens is 663 g/mol. The maximum Gasteiger partial charge on any atom is 2.00 e. The molecule has 0 aliphatic carbocycles. The van der Waals surface area contributed by atoms with E-state index in [1.807, 2.05) is 27.7 Å². The summed E-state index contributed by atoms with van der Waals surface area (Å²) in [4.78, 5) is 43.0. The number of H-pyrrole nitrogens is 2. The van der Waals surface area contributed by atoms with Gasteiger partial charge in [0.2, 0.25) is 12.8 Å². The van der Waals surface area contributed by atoms with E-state index in [-0.39, 0.29) is 49.8 Å². The third-order valence-electron chi connectivity index (χ3n) is 5.50. The van der Waals surface area contributed by atoms with Crippen LogP contribution in [0.2, 0.25) is 0 Å². The molecule has 0 unspecified atom stereocenters. The summed E-state index contributed by atoms with van der Waals surface area (Å²) in [7, 11) is 6.75. The Morgan fingerprint density at radius 1 is 0.596 bits per heavy atom. The summed E-state index contributed by atoms with van der Waals surface area (Å²) in [5, 5.41) is 35.2. The zero-order chi connectivity index (χ0) is 32.0. The zero-order valence-electron chi connectivity index (χ0n) is 27.7. The quantitative estimate of drug-likeness (QED) is 0.163. The number of benzene rings is 2. The smallest absolute Gasteiger partial charge is 0.545 e. The number of carbonyl (C=O) groups is 4. The molecule has 4 aromatic rings. The number of nitrogens with zero attached hydrogens (tertiary/aromatic N) is 4. The molecule has 0 aliphatic heterocycles. The molecule has 263 valence electrons. The number of aryl methyl sites for hydroxylation is 4. The van der Waals surface area contributed by atoms with Crippen LogP contribution in [0.5, 0.6) is 0 Å². The number of hydrogen-bond donors (Lipinski definition) is 2. The Morgan fingerprint density at radius 3 is 0.979 bits per heavy atom. The first kappa shape index (κ1) is 51.7. The van der Waals surface area contributed by atoms with Gasteiger partial charge in [0.1, 0.15) is 0 Å². The van der Waals surface area contributed by atoms with E-state index in [0.29, 0.717) is 0 Å². The summed E-state index contributed by atoms with van der Waals surface area (Å²) < 4.78 is 0. The van der Waals surface area contributed by atoms with Crippen molar-refractivity contribution in [3.63, 3.8) is 0 Å². The molecule has 0 bridgehead atoms. The number of hydrogen-bond acceptors (Lipinski definition) is 8. The molecule has 47 heavy (non-hydrogen) atoms. The summed E-state index contributed by atoms with van der Waals surface area (Å²) in [6, 6.07) is 13.2. The number of carboxylic acid groups (broad SMARTS) is 2. The molecule has 2 aromatic carbocycles. The van der Waals surface area contributed by atoms with Gasteiger partial charge in [0.15, 0.2) is 0 Å².